The number of sulfonamides is 1. The lowest BCUT2D eigenvalue weighted by molar-refractivity contribution is 0.143. The van der Waals surface area contributed by atoms with Gasteiger partial charge in [0.2, 0.25) is 10.0 Å². The van der Waals surface area contributed by atoms with Crippen LogP contribution in [-0.4, -0.2) is 44.7 Å². The number of hydrogen-bond acceptors (Lipinski definition) is 6. The van der Waals surface area contributed by atoms with E-state index < -0.39 is 24.5 Å². The van der Waals surface area contributed by atoms with Gasteiger partial charge in [0.05, 0.1) is 9.84 Å². The molecule has 1 aliphatic heterocycles. The lowest BCUT2D eigenvalue weighted by atomic mass is 10.1. The molecule has 0 aromatic carbocycles. The van der Waals surface area contributed by atoms with Gasteiger partial charge in [-0.1, -0.05) is 31.5 Å². The first-order valence-corrected chi connectivity index (χ1v) is 13.4. The zero-order chi connectivity index (χ0) is 18.6. The minimum absolute atomic E-state index is 0.182. The summed E-state index contributed by atoms with van der Waals surface area (Å²) in [5.41, 5.74) is -0.482. The molecule has 0 amide bonds. The molecule has 0 aromatic heterocycles. The van der Waals surface area contributed by atoms with Crippen molar-refractivity contribution in [3.05, 3.63) is 10.4 Å². The summed E-state index contributed by atoms with van der Waals surface area (Å²) in [6.45, 7) is 12.4. The van der Waals surface area contributed by atoms with Crippen molar-refractivity contribution in [1.82, 2.24) is 4.90 Å². The average molecular weight is 413 g/mol. The van der Waals surface area contributed by atoms with E-state index in [4.69, 9.17) is 9.56 Å². The first-order chi connectivity index (χ1) is 10.9. The molecule has 1 aliphatic rings. The van der Waals surface area contributed by atoms with E-state index in [0.29, 0.717) is 0 Å². The van der Waals surface area contributed by atoms with E-state index in [9.17, 15) is 8.42 Å². The highest BCUT2D eigenvalue weighted by molar-refractivity contribution is 8.26. The molecular formula is C15H32N2O3S3Si. The molecule has 142 valence electrons. The molecule has 0 bridgehead atoms. The van der Waals surface area contributed by atoms with Crippen LogP contribution in [0.2, 0.25) is 6.04 Å². The highest BCUT2D eigenvalue weighted by Gasteiger charge is 2.40. The predicted octanol–water partition coefficient (Wildman–Crippen LogP) is 3.04. The molecular weight excluding hydrogens is 380 g/mol. The molecule has 24 heavy (non-hydrogen) atoms. The highest BCUT2D eigenvalue weighted by atomic mass is 32.3. The van der Waals surface area contributed by atoms with Gasteiger partial charge in [0, 0.05) is 17.5 Å². The van der Waals surface area contributed by atoms with Crippen molar-refractivity contribution >= 4 is 43.3 Å². The number of primary sulfonamides is 1. The molecule has 0 aliphatic carbocycles. The molecule has 0 fully saturated rings. The fourth-order valence-electron chi connectivity index (χ4n) is 2.15. The Morgan fingerprint density at radius 3 is 2.46 bits per heavy atom. The number of thioether (sulfide) groups is 2. The van der Waals surface area contributed by atoms with E-state index in [1.807, 2.05) is 31.9 Å². The van der Waals surface area contributed by atoms with Crippen molar-refractivity contribution in [2.75, 3.05) is 5.75 Å². The Morgan fingerprint density at radius 1 is 1.38 bits per heavy atom. The summed E-state index contributed by atoms with van der Waals surface area (Å²) >= 11 is 2.97. The van der Waals surface area contributed by atoms with Crippen LogP contribution >= 0.6 is 23.5 Å². The maximum Gasteiger partial charge on any atom is 0.240 e. The van der Waals surface area contributed by atoms with Crippen LogP contribution in [0.15, 0.2) is 10.4 Å². The summed E-state index contributed by atoms with van der Waals surface area (Å²) in [7, 11) is -4.12. The van der Waals surface area contributed by atoms with Gasteiger partial charge in [0.25, 0.3) is 0 Å². The van der Waals surface area contributed by atoms with Gasteiger partial charge in [-0.2, -0.15) is 0 Å². The third kappa shape index (κ3) is 7.29. The third-order valence-corrected chi connectivity index (χ3v) is 9.84. The Labute approximate surface area is 158 Å². The molecule has 0 aromatic rings. The van der Waals surface area contributed by atoms with E-state index in [0.717, 1.165) is 9.99 Å². The second-order valence-electron chi connectivity index (χ2n) is 7.64. The van der Waals surface area contributed by atoms with E-state index in [-0.39, 0.29) is 11.1 Å². The summed E-state index contributed by atoms with van der Waals surface area (Å²) < 4.78 is 30.1. The molecule has 5 nitrogen and oxygen atoms in total. The SMILES string of the molecule is CCCC[SiH2]OC(C)(C)CSC1=CN(C(C)(C)C)C(S(N)(=O)=O)S1. The van der Waals surface area contributed by atoms with E-state index in [1.54, 1.807) is 11.8 Å². The Morgan fingerprint density at radius 2 is 2.00 bits per heavy atom. The van der Waals surface area contributed by atoms with Crippen LogP contribution in [0.3, 0.4) is 0 Å². The normalized spacial score (nSPS) is 20.2. The lowest BCUT2D eigenvalue weighted by Gasteiger charge is -2.35. The molecule has 1 heterocycles. The van der Waals surface area contributed by atoms with Gasteiger partial charge in [0.15, 0.2) is 14.5 Å². The van der Waals surface area contributed by atoms with Crippen LogP contribution in [-0.2, 0) is 14.4 Å². The third-order valence-electron chi connectivity index (χ3n) is 3.55. The van der Waals surface area contributed by atoms with Gasteiger partial charge < -0.3 is 9.33 Å². The Balaban J connectivity index is 2.65. The largest absolute Gasteiger partial charge is 0.418 e. The summed E-state index contributed by atoms with van der Waals surface area (Å²) in [5.74, 6) is 0.806. The van der Waals surface area contributed by atoms with Gasteiger partial charge in [-0.3, -0.25) is 0 Å². The maximum absolute atomic E-state index is 11.9. The number of unbranched alkanes of at least 4 members (excludes halogenated alkanes) is 1. The summed E-state index contributed by atoms with van der Waals surface area (Å²) in [6, 6.07) is 1.22. The number of nitrogens with zero attached hydrogens (tertiary/aromatic N) is 1. The summed E-state index contributed by atoms with van der Waals surface area (Å²) in [6.07, 6.45) is 4.38. The van der Waals surface area contributed by atoms with Crippen molar-refractivity contribution < 1.29 is 12.8 Å². The zero-order valence-corrected chi connectivity index (χ0v) is 19.5. The van der Waals surface area contributed by atoms with Crippen molar-refractivity contribution in [1.29, 1.82) is 0 Å². The second kappa shape index (κ2) is 8.81. The van der Waals surface area contributed by atoms with Gasteiger partial charge in [0.1, 0.15) is 0 Å². The lowest BCUT2D eigenvalue weighted by Crippen LogP contribution is -2.46. The van der Waals surface area contributed by atoms with Crippen molar-refractivity contribution in [3.63, 3.8) is 0 Å². The van der Waals surface area contributed by atoms with Crippen molar-refractivity contribution in [3.8, 4) is 0 Å². The predicted molar refractivity (Wildman–Crippen MR) is 110 cm³/mol. The Hall–Kier alpha value is 0.327. The Bertz CT molecular complexity index is 545. The average Bonchev–Trinajstić information content (AvgIpc) is 2.86. The van der Waals surface area contributed by atoms with Crippen LogP contribution in [0.4, 0.5) is 0 Å². The minimum atomic E-state index is -3.64. The van der Waals surface area contributed by atoms with Crippen LogP contribution in [0.5, 0.6) is 0 Å². The van der Waals surface area contributed by atoms with Crippen LogP contribution in [0.25, 0.3) is 0 Å². The fraction of sp³-hybridized carbons (Fsp3) is 0.867. The monoisotopic (exact) mass is 412 g/mol. The van der Waals surface area contributed by atoms with E-state index in [1.165, 1.54) is 30.6 Å². The number of rotatable bonds is 9. The minimum Gasteiger partial charge on any atom is -0.418 e. The Kier molecular flexibility index (Phi) is 8.21. The smallest absolute Gasteiger partial charge is 0.240 e. The molecule has 0 saturated carbocycles. The van der Waals surface area contributed by atoms with Gasteiger partial charge in [-0.25, -0.2) is 13.6 Å². The molecule has 1 rings (SSSR count). The van der Waals surface area contributed by atoms with Gasteiger partial charge >= 0.3 is 0 Å². The molecule has 1 unspecified atom stereocenters. The number of hydrogen-bond donors (Lipinski definition) is 1. The molecule has 0 radical (unpaired) electrons. The molecule has 0 spiro atoms. The van der Waals surface area contributed by atoms with E-state index in [2.05, 4.69) is 20.8 Å². The molecule has 0 saturated heterocycles. The topological polar surface area (TPSA) is 72.6 Å². The van der Waals surface area contributed by atoms with Crippen molar-refractivity contribution in [2.45, 2.75) is 76.3 Å². The quantitative estimate of drug-likeness (QED) is 0.463. The molecule has 2 N–H and O–H groups in total. The van der Waals surface area contributed by atoms with Crippen LogP contribution < -0.4 is 5.14 Å². The molecule has 1 atom stereocenters. The standard InChI is InChI=1S/C15H32N2O3S3Si/c1-7-8-9-24-20-15(5,6)11-21-12-10-17(14(2,3)4)13(22-12)23(16,18)19/h10,13H,7-9,11,24H2,1-6H3,(H2,16,18,19). The summed E-state index contributed by atoms with van der Waals surface area (Å²) in [4.78, 5) is 1.83. The molecule has 9 heteroatoms. The van der Waals surface area contributed by atoms with E-state index >= 15 is 0 Å². The van der Waals surface area contributed by atoms with Crippen LogP contribution in [0, 0.1) is 0 Å². The van der Waals surface area contributed by atoms with Crippen molar-refractivity contribution in [2.24, 2.45) is 5.14 Å². The van der Waals surface area contributed by atoms with Gasteiger partial charge in [-0.05, 0) is 40.7 Å². The van der Waals surface area contributed by atoms with Gasteiger partial charge in [-0.15, -0.1) is 11.8 Å². The maximum atomic E-state index is 11.9. The first-order valence-electron chi connectivity index (χ1n) is 8.32. The first kappa shape index (κ1) is 22.4. The van der Waals surface area contributed by atoms with Crippen LogP contribution in [0.1, 0.15) is 54.4 Å². The fourth-order valence-corrected chi connectivity index (χ4v) is 7.88. The summed E-state index contributed by atoms with van der Waals surface area (Å²) in [5, 5.41) is 5.41. The highest BCUT2D eigenvalue weighted by Crippen LogP contribution is 2.45. The zero-order valence-electron chi connectivity index (χ0n) is 15.7. The second-order valence-corrected chi connectivity index (χ2v) is 13.4. The number of nitrogens with two attached hydrogens (primary N) is 1.